The van der Waals surface area contributed by atoms with Gasteiger partial charge in [-0.05, 0) is 69.4 Å². The number of esters is 1. The molecule has 0 aliphatic heterocycles. The van der Waals surface area contributed by atoms with Crippen molar-refractivity contribution in [2.45, 2.75) is 45.6 Å². The van der Waals surface area contributed by atoms with Crippen molar-refractivity contribution in [1.82, 2.24) is 0 Å². The first-order valence-corrected chi connectivity index (χ1v) is 9.99. The monoisotopic (exact) mass is 421 g/mol. The maximum atomic E-state index is 12.6. The number of halogens is 1. The molecule has 1 N–H and O–H groups in total. The van der Waals surface area contributed by atoms with Crippen molar-refractivity contribution in [3.63, 3.8) is 0 Å². The zero-order valence-electron chi connectivity index (χ0n) is 14.2. The Kier molecular flexibility index (Phi) is 5.59. The molecule has 1 amide bonds. The molecule has 1 aliphatic rings. The number of thiophene rings is 1. The zero-order valence-corrected chi connectivity index (χ0v) is 16.6. The number of nitrogens with one attached hydrogen (secondary N) is 1. The lowest BCUT2D eigenvalue weighted by atomic mass is 9.95. The fraction of sp³-hybridized carbons (Fsp3) is 0.368. The molecule has 6 heteroatoms. The SMILES string of the molecule is CC(C)OC(=O)c1c(NC(=O)c2ccc(Br)cc2)sc2c1CCCC2. The molecule has 4 nitrogen and oxygen atoms in total. The standard InChI is InChI=1S/C19H20BrNO3S/c1-11(2)24-19(23)16-14-5-3-4-6-15(14)25-18(16)21-17(22)12-7-9-13(20)10-8-12/h7-11H,3-6H2,1-2H3,(H,21,22). The third kappa shape index (κ3) is 4.12. The summed E-state index contributed by atoms with van der Waals surface area (Å²) in [6.07, 6.45) is 3.80. The summed E-state index contributed by atoms with van der Waals surface area (Å²) in [7, 11) is 0. The van der Waals surface area contributed by atoms with Crippen LogP contribution in [0.1, 0.15) is 57.8 Å². The van der Waals surface area contributed by atoms with Gasteiger partial charge in [-0.15, -0.1) is 11.3 Å². The van der Waals surface area contributed by atoms with Crippen molar-refractivity contribution >= 4 is 44.1 Å². The number of carbonyl (C=O) groups is 2. The van der Waals surface area contributed by atoms with E-state index in [0.29, 0.717) is 16.1 Å². The van der Waals surface area contributed by atoms with E-state index in [1.54, 1.807) is 12.1 Å². The average molecular weight is 422 g/mol. The van der Waals surface area contributed by atoms with E-state index >= 15 is 0 Å². The van der Waals surface area contributed by atoms with Gasteiger partial charge in [-0.1, -0.05) is 15.9 Å². The molecule has 3 rings (SSSR count). The molecule has 1 aliphatic carbocycles. The van der Waals surface area contributed by atoms with Crippen molar-refractivity contribution in [3.05, 3.63) is 50.3 Å². The molecule has 25 heavy (non-hydrogen) atoms. The number of aryl methyl sites for hydroxylation is 1. The summed E-state index contributed by atoms with van der Waals surface area (Å²) >= 11 is 4.86. The van der Waals surface area contributed by atoms with Crippen LogP contribution in [0.25, 0.3) is 0 Å². The van der Waals surface area contributed by atoms with Gasteiger partial charge in [-0.25, -0.2) is 4.79 Å². The number of fused-ring (bicyclic) bond motifs is 1. The molecule has 0 bridgehead atoms. The van der Waals surface area contributed by atoms with Gasteiger partial charge < -0.3 is 10.1 Å². The molecule has 0 saturated carbocycles. The maximum Gasteiger partial charge on any atom is 0.341 e. The second-order valence-electron chi connectivity index (χ2n) is 6.33. The molecule has 0 fully saturated rings. The highest BCUT2D eigenvalue weighted by Crippen LogP contribution is 2.39. The van der Waals surface area contributed by atoms with E-state index in [1.807, 2.05) is 26.0 Å². The highest BCUT2D eigenvalue weighted by molar-refractivity contribution is 9.10. The number of amides is 1. The Morgan fingerprint density at radius 2 is 1.84 bits per heavy atom. The Labute approximate surface area is 159 Å². The predicted molar refractivity (Wildman–Crippen MR) is 104 cm³/mol. The number of ether oxygens (including phenoxy) is 1. The quantitative estimate of drug-likeness (QED) is 0.689. The summed E-state index contributed by atoms with van der Waals surface area (Å²) in [4.78, 5) is 26.4. The first-order valence-electron chi connectivity index (χ1n) is 8.38. The van der Waals surface area contributed by atoms with Crippen LogP contribution in [0, 0.1) is 0 Å². The minimum Gasteiger partial charge on any atom is -0.459 e. The fourth-order valence-corrected chi connectivity index (χ4v) is 4.46. The number of rotatable bonds is 4. The molecule has 0 radical (unpaired) electrons. The van der Waals surface area contributed by atoms with Crippen LogP contribution < -0.4 is 5.32 Å². The lowest BCUT2D eigenvalue weighted by Gasteiger charge is -2.14. The molecule has 1 heterocycles. The van der Waals surface area contributed by atoms with E-state index in [0.717, 1.165) is 35.7 Å². The molecule has 0 unspecified atom stereocenters. The fourth-order valence-electron chi connectivity index (χ4n) is 2.92. The van der Waals surface area contributed by atoms with E-state index in [-0.39, 0.29) is 18.0 Å². The van der Waals surface area contributed by atoms with Crippen molar-refractivity contribution < 1.29 is 14.3 Å². The van der Waals surface area contributed by atoms with Crippen molar-refractivity contribution in [1.29, 1.82) is 0 Å². The summed E-state index contributed by atoms with van der Waals surface area (Å²) in [5.41, 5.74) is 2.14. The highest BCUT2D eigenvalue weighted by Gasteiger charge is 2.28. The lowest BCUT2D eigenvalue weighted by Crippen LogP contribution is -2.17. The Balaban J connectivity index is 1.92. The molecule has 132 valence electrons. The van der Waals surface area contributed by atoms with Crippen molar-refractivity contribution in [2.75, 3.05) is 5.32 Å². The second kappa shape index (κ2) is 7.70. The van der Waals surface area contributed by atoms with Gasteiger partial charge in [0.15, 0.2) is 0 Å². The van der Waals surface area contributed by atoms with E-state index in [2.05, 4.69) is 21.2 Å². The van der Waals surface area contributed by atoms with Crippen LogP contribution in [-0.4, -0.2) is 18.0 Å². The third-order valence-corrected chi connectivity index (χ3v) is 5.79. The van der Waals surface area contributed by atoms with Crippen LogP contribution in [0.3, 0.4) is 0 Å². The average Bonchev–Trinajstić information content (AvgIpc) is 2.92. The molecule has 1 aromatic heterocycles. The molecule has 1 aromatic carbocycles. The van der Waals surface area contributed by atoms with Gasteiger partial charge in [0.25, 0.3) is 5.91 Å². The Morgan fingerprint density at radius 1 is 1.16 bits per heavy atom. The van der Waals surface area contributed by atoms with Crippen LogP contribution in [-0.2, 0) is 17.6 Å². The molecule has 0 spiro atoms. The first-order chi connectivity index (χ1) is 12.0. The van der Waals surface area contributed by atoms with Gasteiger partial charge in [0, 0.05) is 14.9 Å². The van der Waals surface area contributed by atoms with Gasteiger partial charge in [-0.2, -0.15) is 0 Å². The summed E-state index contributed by atoms with van der Waals surface area (Å²) in [5, 5.41) is 3.52. The van der Waals surface area contributed by atoms with Crippen LogP contribution in [0.5, 0.6) is 0 Å². The van der Waals surface area contributed by atoms with E-state index in [9.17, 15) is 9.59 Å². The third-order valence-electron chi connectivity index (χ3n) is 4.05. The normalized spacial score (nSPS) is 13.4. The molecule has 0 atom stereocenters. The molecule has 2 aromatic rings. The zero-order chi connectivity index (χ0) is 18.0. The number of hydrogen-bond donors (Lipinski definition) is 1. The van der Waals surface area contributed by atoms with E-state index < -0.39 is 0 Å². The van der Waals surface area contributed by atoms with Crippen LogP contribution in [0.4, 0.5) is 5.00 Å². The van der Waals surface area contributed by atoms with E-state index in [4.69, 9.17) is 4.74 Å². The van der Waals surface area contributed by atoms with Crippen molar-refractivity contribution in [2.24, 2.45) is 0 Å². The van der Waals surface area contributed by atoms with E-state index in [1.165, 1.54) is 16.2 Å². The van der Waals surface area contributed by atoms with Crippen LogP contribution in [0.2, 0.25) is 0 Å². The summed E-state index contributed by atoms with van der Waals surface area (Å²) in [5.74, 6) is -0.565. The second-order valence-corrected chi connectivity index (χ2v) is 8.35. The minimum absolute atomic E-state index is 0.193. The topological polar surface area (TPSA) is 55.4 Å². The van der Waals surface area contributed by atoms with Gasteiger partial charge in [0.05, 0.1) is 11.7 Å². The summed E-state index contributed by atoms with van der Waals surface area (Å²) in [6.45, 7) is 3.66. The van der Waals surface area contributed by atoms with Crippen LogP contribution in [0.15, 0.2) is 28.7 Å². The molecule has 0 saturated heterocycles. The Morgan fingerprint density at radius 3 is 2.52 bits per heavy atom. The predicted octanol–water partition coefficient (Wildman–Crippen LogP) is 5.21. The number of carbonyl (C=O) groups excluding carboxylic acids is 2. The van der Waals surface area contributed by atoms with Crippen LogP contribution >= 0.6 is 27.3 Å². The number of anilines is 1. The number of benzene rings is 1. The molecular weight excluding hydrogens is 402 g/mol. The molecular formula is C19H20BrNO3S. The Hall–Kier alpha value is -1.66. The van der Waals surface area contributed by atoms with Gasteiger partial charge in [0.2, 0.25) is 0 Å². The maximum absolute atomic E-state index is 12.6. The largest absolute Gasteiger partial charge is 0.459 e. The number of hydrogen-bond acceptors (Lipinski definition) is 4. The van der Waals surface area contributed by atoms with Crippen molar-refractivity contribution in [3.8, 4) is 0 Å². The smallest absolute Gasteiger partial charge is 0.341 e. The first kappa shape index (κ1) is 18.1. The van der Waals surface area contributed by atoms with Gasteiger partial charge >= 0.3 is 5.97 Å². The summed E-state index contributed by atoms with van der Waals surface area (Å²) in [6, 6.07) is 7.14. The minimum atomic E-state index is -0.347. The lowest BCUT2D eigenvalue weighted by molar-refractivity contribution is 0.0378. The summed E-state index contributed by atoms with van der Waals surface area (Å²) < 4.78 is 6.33. The Bertz CT molecular complexity index is 796. The highest BCUT2D eigenvalue weighted by atomic mass is 79.9. The van der Waals surface area contributed by atoms with Gasteiger partial charge in [-0.3, -0.25) is 4.79 Å². The van der Waals surface area contributed by atoms with Gasteiger partial charge in [0.1, 0.15) is 5.00 Å².